The first-order valence-electron chi connectivity index (χ1n) is 3.62. The third-order valence-electron chi connectivity index (χ3n) is 1.54. The molecule has 62 valence electrons. The summed E-state index contributed by atoms with van der Waals surface area (Å²) in [5, 5.41) is 10.5. The van der Waals surface area contributed by atoms with E-state index in [1.807, 2.05) is 6.07 Å². The second kappa shape index (κ2) is 3.67. The van der Waals surface area contributed by atoms with Gasteiger partial charge in [-0.15, -0.1) is 0 Å². The molecule has 0 radical (unpaired) electrons. The summed E-state index contributed by atoms with van der Waals surface area (Å²) in [6.07, 6.45) is 1.50. The maximum Gasteiger partial charge on any atom is 0.272 e. The summed E-state index contributed by atoms with van der Waals surface area (Å²) >= 11 is 0. The Labute approximate surface area is 70.5 Å². The summed E-state index contributed by atoms with van der Waals surface area (Å²) in [5.41, 5.74) is 0.792. The van der Waals surface area contributed by atoms with Gasteiger partial charge in [0, 0.05) is 0 Å². The van der Waals surface area contributed by atoms with E-state index < -0.39 is 0 Å². The minimum Gasteiger partial charge on any atom is -0.258 e. The standard InChI is InChI=1S/C9H9NO2/c1-2-9(10(11)12)8-6-4-3-5-7-8/h2-7H,1H3/b9-2+. The van der Waals surface area contributed by atoms with Crippen LogP contribution in [0.15, 0.2) is 36.4 Å². The molecule has 0 fully saturated rings. The van der Waals surface area contributed by atoms with Gasteiger partial charge >= 0.3 is 0 Å². The van der Waals surface area contributed by atoms with Crippen molar-refractivity contribution in [2.75, 3.05) is 0 Å². The molecule has 3 heteroatoms. The number of nitrogens with zero attached hydrogens (tertiary/aromatic N) is 1. The molecule has 1 aromatic carbocycles. The van der Waals surface area contributed by atoms with Crippen LogP contribution in [-0.2, 0) is 0 Å². The number of hydrogen-bond acceptors (Lipinski definition) is 2. The number of allylic oxidation sites excluding steroid dienone is 1. The second-order valence-corrected chi connectivity index (χ2v) is 2.30. The maximum atomic E-state index is 10.5. The zero-order valence-electron chi connectivity index (χ0n) is 6.73. The lowest BCUT2D eigenvalue weighted by Crippen LogP contribution is -1.96. The van der Waals surface area contributed by atoms with Crippen LogP contribution >= 0.6 is 0 Å². The van der Waals surface area contributed by atoms with Crippen LogP contribution in [0.5, 0.6) is 0 Å². The van der Waals surface area contributed by atoms with Gasteiger partial charge in [-0.1, -0.05) is 18.2 Å². The number of nitro groups is 1. The minimum atomic E-state index is -0.380. The van der Waals surface area contributed by atoms with Crippen molar-refractivity contribution in [3.63, 3.8) is 0 Å². The Morgan fingerprint density at radius 1 is 1.42 bits per heavy atom. The molecular formula is C9H9NO2. The van der Waals surface area contributed by atoms with Crippen molar-refractivity contribution in [2.45, 2.75) is 6.92 Å². The molecule has 0 atom stereocenters. The Bertz CT molecular complexity index is 304. The summed E-state index contributed by atoms with van der Waals surface area (Å²) in [5.74, 6) is 0. The minimum absolute atomic E-state index is 0.149. The van der Waals surface area contributed by atoms with E-state index in [2.05, 4.69) is 0 Å². The van der Waals surface area contributed by atoms with E-state index in [0.717, 1.165) is 0 Å². The molecule has 1 rings (SSSR count). The molecule has 0 aliphatic rings. The number of hydrogen-bond donors (Lipinski definition) is 0. The molecule has 0 heterocycles. The van der Waals surface area contributed by atoms with Gasteiger partial charge in [0.1, 0.15) is 0 Å². The quantitative estimate of drug-likeness (QED) is 0.496. The molecule has 0 aliphatic carbocycles. The lowest BCUT2D eigenvalue weighted by atomic mass is 10.1. The maximum absolute atomic E-state index is 10.5. The fourth-order valence-corrected chi connectivity index (χ4v) is 0.986. The molecule has 0 amide bonds. The van der Waals surface area contributed by atoms with Gasteiger partial charge in [0.15, 0.2) is 0 Å². The van der Waals surface area contributed by atoms with Gasteiger partial charge in [0.25, 0.3) is 5.70 Å². The third kappa shape index (κ3) is 1.69. The highest BCUT2D eigenvalue weighted by Gasteiger charge is 2.10. The van der Waals surface area contributed by atoms with Crippen molar-refractivity contribution in [2.24, 2.45) is 0 Å². The van der Waals surface area contributed by atoms with E-state index in [4.69, 9.17) is 0 Å². The van der Waals surface area contributed by atoms with Crippen LogP contribution in [0.4, 0.5) is 0 Å². The average molecular weight is 163 g/mol. The van der Waals surface area contributed by atoms with Crippen molar-refractivity contribution in [1.82, 2.24) is 0 Å². The highest BCUT2D eigenvalue weighted by atomic mass is 16.6. The van der Waals surface area contributed by atoms with Crippen LogP contribution < -0.4 is 0 Å². The molecule has 0 unspecified atom stereocenters. The predicted molar refractivity (Wildman–Crippen MR) is 47.1 cm³/mol. The molecule has 0 N–H and O–H groups in total. The SMILES string of the molecule is C/C=C(\c1ccccc1)[N+](=O)[O-]. The van der Waals surface area contributed by atoms with Crippen molar-refractivity contribution >= 4 is 5.70 Å². The van der Waals surface area contributed by atoms with Gasteiger partial charge in [0.05, 0.1) is 10.5 Å². The monoisotopic (exact) mass is 163 g/mol. The predicted octanol–water partition coefficient (Wildman–Crippen LogP) is 2.32. The first-order valence-corrected chi connectivity index (χ1v) is 3.62. The van der Waals surface area contributed by atoms with E-state index in [0.29, 0.717) is 5.56 Å². The first-order chi connectivity index (χ1) is 5.75. The van der Waals surface area contributed by atoms with E-state index in [-0.39, 0.29) is 10.6 Å². The molecule has 0 saturated heterocycles. The third-order valence-corrected chi connectivity index (χ3v) is 1.54. The van der Waals surface area contributed by atoms with Crippen molar-refractivity contribution in [1.29, 1.82) is 0 Å². The van der Waals surface area contributed by atoms with E-state index in [1.54, 1.807) is 31.2 Å². The summed E-state index contributed by atoms with van der Waals surface area (Å²) < 4.78 is 0. The zero-order valence-corrected chi connectivity index (χ0v) is 6.73. The molecule has 1 aromatic rings. The van der Waals surface area contributed by atoms with Gasteiger partial charge in [-0.25, -0.2) is 0 Å². The highest BCUT2D eigenvalue weighted by Crippen LogP contribution is 2.13. The molecule has 0 bridgehead atoms. The largest absolute Gasteiger partial charge is 0.272 e. The molecule has 0 saturated carbocycles. The summed E-state index contributed by atoms with van der Waals surface area (Å²) in [6, 6.07) is 8.83. The first kappa shape index (κ1) is 8.46. The van der Waals surface area contributed by atoms with Crippen LogP contribution in [0.3, 0.4) is 0 Å². The van der Waals surface area contributed by atoms with E-state index >= 15 is 0 Å². The number of rotatable bonds is 2. The number of benzene rings is 1. The summed E-state index contributed by atoms with van der Waals surface area (Å²) in [6.45, 7) is 1.66. The van der Waals surface area contributed by atoms with E-state index in [9.17, 15) is 10.1 Å². The Kier molecular flexibility index (Phi) is 2.58. The lowest BCUT2D eigenvalue weighted by molar-refractivity contribution is -0.375. The fourth-order valence-electron chi connectivity index (χ4n) is 0.986. The Morgan fingerprint density at radius 3 is 2.42 bits per heavy atom. The zero-order chi connectivity index (χ0) is 8.97. The molecular weight excluding hydrogens is 154 g/mol. The van der Waals surface area contributed by atoms with Crippen molar-refractivity contribution in [3.8, 4) is 0 Å². The average Bonchev–Trinajstić information content (AvgIpc) is 2.07. The fraction of sp³-hybridized carbons (Fsp3) is 0.111. The smallest absolute Gasteiger partial charge is 0.258 e. The Balaban J connectivity index is 3.05. The van der Waals surface area contributed by atoms with Crippen LogP contribution in [-0.4, -0.2) is 4.92 Å². The second-order valence-electron chi connectivity index (χ2n) is 2.30. The lowest BCUT2D eigenvalue weighted by Gasteiger charge is -1.95. The van der Waals surface area contributed by atoms with Gasteiger partial charge in [-0.3, -0.25) is 10.1 Å². The van der Waals surface area contributed by atoms with Crippen LogP contribution in [0.2, 0.25) is 0 Å². The van der Waals surface area contributed by atoms with Crippen molar-refractivity contribution in [3.05, 3.63) is 52.1 Å². The van der Waals surface area contributed by atoms with E-state index in [1.165, 1.54) is 6.08 Å². The molecule has 12 heavy (non-hydrogen) atoms. The molecule has 0 aromatic heterocycles. The normalized spacial score (nSPS) is 11.2. The van der Waals surface area contributed by atoms with Gasteiger partial charge in [-0.05, 0) is 25.1 Å². The molecule has 3 nitrogen and oxygen atoms in total. The van der Waals surface area contributed by atoms with Gasteiger partial charge in [-0.2, -0.15) is 0 Å². The van der Waals surface area contributed by atoms with Crippen LogP contribution in [0.25, 0.3) is 5.70 Å². The Morgan fingerprint density at radius 2 is 2.00 bits per heavy atom. The van der Waals surface area contributed by atoms with Crippen LogP contribution in [0.1, 0.15) is 12.5 Å². The topological polar surface area (TPSA) is 43.1 Å². The summed E-state index contributed by atoms with van der Waals surface area (Å²) in [7, 11) is 0. The van der Waals surface area contributed by atoms with Gasteiger partial charge < -0.3 is 0 Å². The van der Waals surface area contributed by atoms with Crippen LogP contribution in [0, 0.1) is 10.1 Å². The summed E-state index contributed by atoms with van der Waals surface area (Å²) in [4.78, 5) is 10.1. The molecule has 0 aliphatic heterocycles. The Hall–Kier alpha value is -1.64. The van der Waals surface area contributed by atoms with Crippen molar-refractivity contribution < 1.29 is 4.92 Å². The molecule has 0 spiro atoms. The highest BCUT2D eigenvalue weighted by molar-refractivity contribution is 5.57. The van der Waals surface area contributed by atoms with Gasteiger partial charge in [0.2, 0.25) is 0 Å².